The Balaban J connectivity index is 3.52. The summed E-state index contributed by atoms with van der Waals surface area (Å²) in [5, 5.41) is 19.7. The average Bonchev–Trinajstić information content (AvgIpc) is 2.63. The summed E-state index contributed by atoms with van der Waals surface area (Å²) in [6.45, 7) is 5.45. The monoisotopic (exact) mass is 262 g/mol. The maximum absolute atomic E-state index is 11.7. The molecule has 0 aromatic carbocycles. The van der Waals surface area contributed by atoms with Gasteiger partial charge in [0.2, 0.25) is 0 Å². The van der Waals surface area contributed by atoms with Crippen LogP contribution in [0.3, 0.4) is 0 Å². The van der Waals surface area contributed by atoms with Crippen molar-refractivity contribution in [3.05, 3.63) is 19.5 Å². The summed E-state index contributed by atoms with van der Waals surface area (Å²) in [5.74, 6) is -0.664. The van der Waals surface area contributed by atoms with Gasteiger partial charge in [0.05, 0.1) is 10.6 Å². The SMILES string of the molecule is C=c1s/c(=C(/C#N)C(=O)NCC#N)n(CC)c1=O. The van der Waals surface area contributed by atoms with Gasteiger partial charge in [0.15, 0.2) is 5.57 Å². The van der Waals surface area contributed by atoms with Crippen LogP contribution in [-0.2, 0) is 11.3 Å². The standard InChI is InChI=1S/C11H10N4O2S/c1-3-15-10(17)7(2)18-11(15)8(6-13)9(16)14-5-4-12/h2-3,5H2,1H3,(H,14,16)/b11-8-. The third kappa shape index (κ3) is 2.47. The molecule has 1 N–H and O–H groups in total. The van der Waals surface area contributed by atoms with Gasteiger partial charge in [0, 0.05) is 6.54 Å². The molecule has 7 heteroatoms. The molecule has 1 heterocycles. The Morgan fingerprint density at radius 2 is 2.22 bits per heavy atom. The van der Waals surface area contributed by atoms with Crippen LogP contribution in [0.1, 0.15) is 6.92 Å². The van der Waals surface area contributed by atoms with Gasteiger partial charge < -0.3 is 5.32 Å². The van der Waals surface area contributed by atoms with Crippen LogP contribution in [0.2, 0.25) is 0 Å². The number of rotatable bonds is 3. The first kappa shape index (κ1) is 13.7. The van der Waals surface area contributed by atoms with Crippen molar-refractivity contribution in [2.45, 2.75) is 13.5 Å². The number of thiazole rings is 1. The molecule has 1 rings (SSSR count). The summed E-state index contributed by atoms with van der Waals surface area (Å²) >= 11 is 0.996. The van der Waals surface area contributed by atoms with Gasteiger partial charge in [-0.2, -0.15) is 10.5 Å². The highest BCUT2D eigenvalue weighted by Crippen LogP contribution is 1.92. The van der Waals surface area contributed by atoms with Crippen LogP contribution in [0.4, 0.5) is 0 Å². The highest BCUT2D eigenvalue weighted by atomic mass is 32.1. The first-order chi connectivity index (χ1) is 8.56. The maximum Gasteiger partial charge on any atom is 0.268 e. The summed E-state index contributed by atoms with van der Waals surface area (Å²) in [5.41, 5.74) is -0.484. The van der Waals surface area contributed by atoms with Crippen molar-refractivity contribution in [3.63, 3.8) is 0 Å². The normalized spacial score (nSPS) is 11.3. The van der Waals surface area contributed by atoms with Crippen molar-refractivity contribution in [1.29, 1.82) is 10.5 Å². The second kappa shape index (κ2) is 5.80. The first-order valence-electron chi connectivity index (χ1n) is 5.04. The van der Waals surface area contributed by atoms with Crippen LogP contribution in [0.5, 0.6) is 0 Å². The fraction of sp³-hybridized carbons (Fsp3) is 0.273. The number of aromatic nitrogens is 1. The van der Waals surface area contributed by atoms with Gasteiger partial charge in [0.25, 0.3) is 11.5 Å². The van der Waals surface area contributed by atoms with Crippen molar-refractivity contribution in [2.75, 3.05) is 6.54 Å². The molecule has 0 unspecified atom stereocenters. The molecule has 0 saturated heterocycles. The van der Waals surface area contributed by atoms with Crippen LogP contribution in [0, 0.1) is 22.7 Å². The molecule has 0 bridgehead atoms. The number of nitriles is 2. The van der Waals surface area contributed by atoms with Gasteiger partial charge in [-0.05, 0) is 6.92 Å². The van der Waals surface area contributed by atoms with Gasteiger partial charge in [-0.1, -0.05) is 6.58 Å². The molecule has 0 radical (unpaired) electrons. The number of nitrogens with one attached hydrogen (secondary N) is 1. The lowest BCUT2D eigenvalue weighted by Crippen LogP contribution is -2.34. The van der Waals surface area contributed by atoms with Gasteiger partial charge in [-0.25, -0.2) is 0 Å². The van der Waals surface area contributed by atoms with Crippen molar-refractivity contribution >= 4 is 29.4 Å². The third-order valence-corrected chi connectivity index (χ3v) is 3.18. The van der Waals surface area contributed by atoms with E-state index < -0.39 is 5.91 Å². The molecule has 0 aliphatic heterocycles. The predicted octanol–water partition coefficient (Wildman–Crippen LogP) is -1.35. The fourth-order valence-electron chi connectivity index (χ4n) is 1.34. The Morgan fingerprint density at radius 1 is 1.56 bits per heavy atom. The van der Waals surface area contributed by atoms with E-state index >= 15 is 0 Å². The van der Waals surface area contributed by atoms with E-state index in [9.17, 15) is 9.59 Å². The molecule has 1 aromatic rings. The van der Waals surface area contributed by atoms with E-state index in [0.717, 1.165) is 11.3 Å². The minimum absolute atomic E-state index is 0.177. The molecule has 0 atom stereocenters. The molecule has 0 spiro atoms. The molecule has 1 aromatic heterocycles. The van der Waals surface area contributed by atoms with E-state index in [4.69, 9.17) is 10.5 Å². The van der Waals surface area contributed by atoms with Crippen molar-refractivity contribution < 1.29 is 4.79 Å². The molecule has 92 valence electrons. The summed E-state index contributed by atoms with van der Waals surface area (Å²) in [6.07, 6.45) is 0. The Bertz CT molecular complexity index is 714. The Labute approximate surface area is 107 Å². The largest absolute Gasteiger partial charge is 0.338 e. The van der Waals surface area contributed by atoms with E-state index in [-0.39, 0.29) is 26.9 Å². The molecule has 0 fully saturated rings. The van der Waals surface area contributed by atoms with Crippen molar-refractivity contribution in [1.82, 2.24) is 9.88 Å². The second-order valence-corrected chi connectivity index (χ2v) is 4.29. The molecule has 0 saturated carbocycles. The molecular weight excluding hydrogens is 252 g/mol. The lowest BCUT2D eigenvalue weighted by molar-refractivity contribution is -0.115. The molecule has 0 aliphatic rings. The topological polar surface area (TPSA) is 98.7 Å². The molecular formula is C11H10N4O2S. The number of nitrogens with zero attached hydrogens (tertiary/aromatic N) is 3. The Kier molecular flexibility index (Phi) is 4.41. The van der Waals surface area contributed by atoms with Crippen LogP contribution < -0.4 is 20.1 Å². The number of hydrogen-bond donors (Lipinski definition) is 1. The van der Waals surface area contributed by atoms with Crippen molar-refractivity contribution in [3.8, 4) is 12.1 Å². The zero-order chi connectivity index (χ0) is 13.7. The van der Waals surface area contributed by atoms with Crippen LogP contribution in [0.15, 0.2) is 4.79 Å². The zero-order valence-corrected chi connectivity index (χ0v) is 10.5. The lowest BCUT2D eigenvalue weighted by Gasteiger charge is -1.99. The highest BCUT2D eigenvalue weighted by Gasteiger charge is 2.14. The molecule has 6 nitrogen and oxygen atoms in total. The summed E-state index contributed by atoms with van der Waals surface area (Å²) < 4.78 is 1.86. The minimum Gasteiger partial charge on any atom is -0.338 e. The van der Waals surface area contributed by atoms with Crippen LogP contribution in [-0.4, -0.2) is 17.0 Å². The quantitative estimate of drug-likeness (QED) is 0.681. The van der Waals surface area contributed by atoms with E-state index in [2.05, 4.69) is 11.9 Å². The first-order valence-corrected chi connectivity index (χ1v) is 5.86. The summed E-state index contributed by atoms with van der Waals surface area (Å²) in [7, 11) is 0. The number of carbonyl (C=O) groups excluding carboxylic acids is 1. The number of carbonyl (C=O) groups is 1. The third-order valence-electron chi connectivity index (χ3n) is 2.15. The summed E-state index contributed by atoms with van der Waals surface area (Å²) in [4.78, 5) is 23.4. The summed E-state index contributed by atoms with van der Waals surface area (Å²) in [6, 6.07) is 3.50. The smallest absolute Gasteiger partial charge is 0.268 e. The molecule has 18 heavy (non-hydrogen) atoms. The van der Waals surface area contributed by atoms with Crippen LogP contribution >= 0.6 is 11.3 Å². The Hall–Kier alpha value is -2.38. The average molecular weight is 262 g/mol. The van der Waals surface area contributed by atoms with Gasteiger partial charge in [0.1, 0.15) is 17.3 Å². The lowest BCUT2D eigenvalue weighted by atomic mass is 10.3. The van der Waals surface area contributed by atoms with Crippen LogP contribution in [0.25, 0.3) is 12.2 Å². The number of amides is 1. The van der Waals surface area contributed by atoms with E-state index in [1.807, 2.05) is 0 Å². The fourth-order valence-corrected chi connectivity index (χ4v) is 2.33. The minimum atomic E-state index is -0.664. The maximum atomic E-state index is 11.7. The van der Waals surface area contributed by atoms with E-state index in [1.165, 1.54) is 4.57 Å². The highest BCUT2D eigenvalue weighted by molar-refractivity contribution is 7.07. The van der Waals surface area contributed by atoms with Gasteiger partial charge in [-0.15, -0.1) is 11.3 Å². The predicted molar refractivity (Wildman–Crippen MR) is 66.7 cm³/mol. The van der Waals surface area contributed by atoms with Gasteiger partial charge >= 0.3 is 0 Å². The van der Waals surface area contributed by atoms with Crippen molar-refractivity contribution in [2.24, 2.45) is 0 Å². The molecule has 0 aliphatic carbocycles. The Morgan fingerprint density at radius 3 is 2.72 bits per heavy atom. The zero-order valence-electron chi connectivity index (χ0n) is 9.69. The van der Waals surface area contributed by atoms with Gasteiger partial charge in [-0.3, -0.25) is 14.2 Å². The van der Waals surface area contributed by atoms with E-state index in [0.29, 0.717) is 6.54 Å². The van der Waals surface area contributed by atoms with E-state index in [1.54, 1.807) is 19.1 Å². The number of hydrogen-bond acceptors (Lipinski definition) is 5. The molecule has 1 amide bonds. The second-order valence-electron chi connectivity index (χ2n) is 3.21.